The monoisotopic (exact) mass is 441 g/mol. The van der Waals surface area contributed by atoms with E-state index in [4.69, 9.17) is 23.2 Å². The number of hydrogen-bond acceptors (Lipinski definition) is 5. The van der Waals surface area contributed by atoms with Gasteiger partial charge in [-0.25, -0.2) is 13.8 Å². The summed E-state index contributed by atoms with van der Waals surface area (Å²) in [6.07, 6.45) is 2.19. The molecule has 148 valence electrons. The number of sulfonamides is 1. The number of benzene rings is 2. The molecule has 0 aliphatic carbocycles. The Morgan fingerprint density at radius 3 is 2.57 bits per heavy atom. The molecule has 1 saturated heterocycles. The van der Waals surface area contributed by atoms with Crippen LogP contribution in [0.25, 0.3) is 0 Å². The predicted molar refractivity (Wildman–Crippen MR) is 107 cm³/mol. The van der Waals surface area contributed by atoms with Crippen LogP contribution >= 0.6 is 23.2 Å². The van der Waals surface area contributed by atoms with Crippen LogP contribution in [-0.4, -0.2) is 42.5 Å². The predicted octanol–water partition coefficient (Wildman–Crippen LogP) is 3.00. The van der Waals surface area contributed by atoms with Crippen LogP contribution in [0.15, 0.2) is 52.5 Å². The van der Waals surface area contributed by atoms with Crippen LogP contribution in [0.3, 0.4) is 0 Å². The smallest absolute Gasteiger partial charge is 0.258 e. The lowest BCUT2D eigenvalue weighted by Gasteiger charge is -2.22. The van der Waals surface area contributed by atoms with Crippen molar-refractivity contribution in [2.24, 2.45) is 5.10 Å². The molecule has 0 bridgehead atoms. The Bertz CT molecular complexity index is 1010. The van der Waals surface area contributed by atoms with E-state index in [1.165, 1.54) is 48.7 Å². The van der Waals surface area contributed by atoms with Crippen LogP contribution in [0.2, 0.25) is 10.0 Å². The van der Waals surface area contributed by atoms with Crippen molar-refractivity contribution in [1.29, 1.82) is 0 Å². The van der Waals surface area contributed by atoms with Crippen molar-refractivity contribution in [3.63, 3.8) is 0 Å². The van der Waals surface area contributed by atoms with Gasteiger partial charge in [0.15, 0.2) is 0 Å². The number of hydrazone groups is 1. The highest BCUT2D eigenvalue weighted by molar-refractivity contribution is 7.89. The van der Waals surface area contributed by atoms with Crippen molar-refractivity contribution < 1.29 is 18.3 Å². The number of rotatable bonds is 5. The highest BCUT2D eigenvalue weighted by atomic mass is 35.5. The van der Waals surface area contributed by atoms with E-state index in [0.29, 0.717) is 28.5 Å². The van der Waals surface area contributed by atoms with E-state index in [0.717, 1.165) is 4.31 Å². The maximum absolute atomic E-state index is 12.9. The number of carbonyl (C=O) groups excluding carboxylic acids is 1. The third-order valence-corrected chi connectivity index (χ3v) is 6.70. The summed E-state index contributed by atoms with van der Waals surface area (Å²) in [6, 6.07) is 9.33. The fraction of sp³-hybridized carbons (Fsp3) is 0.222. The maximum Gasteiger partial charge on any atom is 0.258 e. The first-order valence-electron chi connectivity index (χ1n) is 8.38. The zero-order valence-corrected chi connectivity index (χ0v) is 16.9. The average molecular weight is 442 g/mol. The van der Waals surface area contributed by atoms with Gasteiger partial charge in [0.1, 0.15) is 11.8 Å². The van der Waals surface area contributed by atoms with E-state index < -0.39 is 22.0 Å². The van der Waals surface area contributed by atoms with Crippen molar-refractivity contribution in [2.45, 2.75) is 23.8 Å². The van der Waals surface area contributed by atoms with Gasteiger partial charge in [0.25, 0.3) is 5.91 Å². The van der Waals surface area contributed by atoms with Crippen molar-refractivity contribution in [2.75, 3.05) is 6.54 Å². The molecule has 1 amide bonds. The molecule has 2 N–H and O–H groups in total. The highest BCUT2D eigenvalue weighted by Crippen LogP contribution is 2.27. The van der Waals surface area contributed by atoms with Crippen LogP contribution in [0, 0.1) is 0 Å². The lowest BCUT2D eigenvalue weighted by molar-refractivity contribution is -0.124. The molecule has 1 fully saturated rings. The van der Waals surface area contributed by atoms with E-state index in [1.54, 1.807) is 0 Å². The Hall–Kier alpha value is -2.13. The molecule has 1 atom stereocenters. The molecule has 2 aromatic rings. The van der Waals surface area contributed by atoms with E-state index in [9.17, 15) is 18.3 Å². The Kier molecular flexibility index (Phi) is 6.24. The van der Waals surface area contributed by atoms with Crippen molar-refractivity contribution in [3.8, 4) is 5.75 Å². The first kappa shape index (κ1) is 20.6. The lowest BCUT2D eigenvalue weighted by atomic mass is 10.2. The van der Waals surface area contributed by atoms with E-state index in [-0.39, 0.29) is 17.2 Å². The van der Waals surface area contributed by atoms with E-state index in [1.807, 2.05) is 0 Å². The van der Waals surface area contributed by atoms with Crippen LogP contribution in [0.1, 0.15) is 18.4 Å². The van der Waals surface area contributed by atoms with E-state index in [2.05, 4.69) is 10.5 Å². The number of hydrogen-bond donors (Lipinski definition) is 2. The Balaban J connectivity index is 1.73. The van der Waals surface area contributed by atoms with Gasteiger partial charge in [0.2, 0.25) is 10.0 Å². The van der Waals surface area contributed by atoms with Gasteiger partial charge in [0.05, 0.1) is 11.1 Å². The Morgan fingerprint density at radius 1 is 1.18 bits per heavy atom. The number of phenolic OH excluding ortho intramolecular Hbond substituents is 1. The van der Waals surface area contributed by atoms with E-state index >= 15 is 0 Å². The van der Waals surface area contributed by atoms with Gasteiger partial charge in [-0.3, -0.25) is 4.79 Å². The summed E-state index contributed by atoms with van der Waals surface area (Å²) in [4.78, 5) is 12.6. The molecule has 0 aromatic heterocycles. The van der Waals surface area contributed by atoms with Gasteiger partial charge in [-0.15, -0.1) is 0 Å². The van der Waals surface area contributed by atoms with Crippen molar-refractivity contribution in [1.82, 2.24) is 9.73 Å². The number of amides is 1. The molecule has 10 heteroatoms. The largest absolute Gasteiger partial charge is 0.507 e. The quantitative estimate of drug-likeness (QED) is 0.550. The number of nitrogens with zero attached hydrogens (tertiary/aromatic N) is 2. The molecule has 0 unspecified atom stereocenters. The second-order valence-corrected chi connectivity index (χ2v) is 8.93. The van der Waals surface area contributed by atoms with Gasteiger partial charge in [-0.1, -0.05) is 23.2 Å². The minimum atomic E-state index is -3.83. The van der Waals surface area contributed by atoms with Crippen molar-refractivity contribution in [3.05, 3.63) is 58.1 Å². The molecule has 0 radical (unpaired) electrons. The summed E-state index contributed by atoms with van der Waals surface area (Å²) < 4.78 is 26.9. The summed E-state index contributed by atoms with van der Waals surface area (Å²) in [7, 11) is -3.83. The minimum Gasteiger partial charge on any atom is -0.507 e. The number of aromatic hydroxyl groups is 1. The summed E-state index contributed by atoms with van der Waals surface area (Å²) in [5.41, 5.74) is 2.66. The zero-order valence-electron chi connectivity index (χ0n) is 14.5. The van der Waals surface area contributed by atoms with Crippen LogP contribution in [-0.2, 0) is 14.8 Å². The molecule has 2 aromatic carbocycles. The second kappa shape index (κ2) is 8.48. The van der Waals surface area contributed by atoms with Gasteiger partial charge in [0, 0.05) is 22.2 Å². The number of phenols is 1. The Morgan fingerprint density at radius 2 is 1.86 bits per heavy atom. The summed E-state index contributed by atoms with van der Waals surface area (Å²) in [5.74, 6) is -0.594. The van der Waals surface area contributed by atoms with Crippen LogP contribution < -0.4 is 5.43 Å². The van der Waals surface area contributed by atoms with Gasteiger partial charge >= 0.3 is 0 Å². The SMILES string of the molecule is O=C(N/N=C/c1cc(Cl)ccc1O)[C@@H]1CCCN1S(=O)(=O)c1ccc(Cl)cc1. The zero-order chi connectivity index (χ0) is 20.3. The van der Waals surface area contributed by atoms with Crippen LogP contribution in [0.5, 0.6) is 5.75 Å². The van der Waals surface area contributed by atoms with Gasteiger partial charge in [-0.2, -0.15) is 9.41 Å². The molecule has 1 heterocycles. The molecule has 0 spiro atoms. The standard InChI is InChI=1S/C18H17Cl2N3O4S/c19-13-3-6-15(7-4-13)28(26,27)23-9-1-2-16(23)18(25)22-21-11-12-10-14(20)5-8-17(12)24/h3-8,10-11,16,24H,1-2,9H2,(H,22,25)/b21-11+/t16-/m0/s1. The summed E-state index contributed by atoms with van der Waals surface area (Å²) in [5, 5.41) is 14.4. The number of halogens is 2. The first-order valence-corrected chi connectivity index (χ1v) is 10.6. The molecule has 1 aliphatic rings. The van der Waals surface area contributed by atoms with Gasteiger partial charge in [-0.05, 0) is 55.3 Å². The third-order valence-electron chi connectivity index (χ3n) is 4.29. The molecule has 28 heavy (non-hydrogen) atoms. The molecular formula is C18H17Cl2N3O4S. The summed E-state index contributed by atoms with van der Waals surface area (Å²) >= 11 is 11.7. The molecule has 0 saturated carbocycles. The molecule has 1 aliphatic heterocycles. The fourth-order valence-corrected chi connectivity index (χ4v) is 4.86. The third kappa shape index (κ3) is 4.47. The normalized spacial score (nSPS) is 17.9. The topological polar surface area (TPSA) is 99.1 Å². The Labute approximate surface area is 172 Å². The van der Waals surface area contributed by atoms with Crippen molar-refractivity contribution >= 4 is 45.3 Å². The van der Waals surface area contributed by atoms with Crippen LogP contribution in [0.4, 0.5) is 0 Å². The summed E-state index contributed by atoms with van der Waals surface area (Å²) in [6.45, 7) is 0.238. The molecule has 3 rings (SSSR count). The average Bonchev–Trinajstić information content (AvgIpc) is 3.16. The number of carbonyl (C=O) groups is 1. The minimum absolute atomic E-state index is 0.0461. The molecule has 7 nitrogen and oxygen atoms in total. The van der Waals surface area contributed by atoms with Gasteiger partial charge < -0.3 is 5.11 Å². The molecular weight excluding hydrogens is 425 g/mol. The fourth-order valence-electron chi connectivity index (χ4n) is 2.90. The lowest BCUT2D eigenvalue weighted by Crippen LogP contribution is -2.44. The highest BCUT2D eigenvalue weighted by Gasteiger charge is 2.39. The first-order chi connectivity index (χ1) is 13.3. The second-order valence-electron chi connectivity index (χ2n) is 6.17. The maximum atomic E-state index is 12.9. The number of nitrogens with one attached hydrogen (secondary N) is 1.